The minimum absolute atomic E-state index is 0.0803. The minimum Gasteiger partial charge on any atom is -0.444 e. The van der Waals surface area contributed by atoms with Crippen molar-refractivity contribution in [1.29, 1.82) is 0 Å². The third kappa shape index (κ3) is 9.63. The van der Waals surface area contributed by atoms with Crippen LogP contribution < -0.4 is 5.32 Å². The third-order valence-electron chi connectivity index (χ3n) is 2.96. The zero-order chi connectivity index (χ0) is 17.3. The first-order chi connectivity index (χ1) is 10.8. The molecule has 0 aromatic heterocycles. The van der Waals surface area contributed by atoms with Gasteiger partial charge in [-0.15, -0.1) is 11.6 Å². The fourth-order valence-electron chi connectivity index (χ4n) is 1.98. The van der Waals surface area contributed by atoms with Gasteiger partial charge in [0.05, 0.1) is 31.8 Å². The Labute approximate surface area is 142 Å². The van der Waals surface area contributed by atoms with Gasteiger partial charge in [-0.2, -0.15) is 0 Å². The number of alkyl halides is 1. The van der Waals surface area contributed by atoms with Crippen LogP contribution in [0.4, 0.5) is 4.79 Å². The van der Waals surface area contributed by atoms with Gasteiger partial charge in [-0.05, 0) is 20.8 Å². The molecule has 0 spiro atoms. The van der Waals surface area contributed by atoms with Crippen LogP contribution in [0, 0.1) is 0 Å². The molecule has 1 N–H and O–H groups in total. The maximum absolute atomic E-state index is 11.5. The van der Waals surface area contributed by atoms with Crippen LogP contribution in [-0.2, 0) is 19.0 Å². The number of hydrogen-bond acceptors (Lipinski definition) is 5. The molecule has 0 bridgehead atoms. The van der Waals surface area contributed by atoms with Crippen molar-refractivity contribution in [2.24, 2.45) is 0 Å². The van der Waals surface area contributed by atoms with Gasteiger partial charge >= 0.3 is 6.09 Å². The molecule has 0 saturated carbocycles. The Morgan fingerprint density at radius 2 is 1.91 bits per heavy atom. The van der Waals surface area contributed by atoms with E-state index in [1.54, 1.807) is 4.90 Å². The van der Waals surface area contributed by atoms with Crippen molar-refractivity contribution in [2.75, 3.05) is 46.1 Å². The molecule has 0 aromatic carbocycles. The Balaban J connectivity index is 1.88. The highest BCUT2D eigenvalue weighted by molar-refractivity contribution is 6.22. The highest BCUT2D eigenvalue weighted by Gasteiger charge is 2.27. The van der Waals surface area contributed by atoms with Gasteiger partial charge in [-0.3, -0.25) is 4.79 Å². The maximum atomic E-state index is 11.5. The van der Waals surface area contributed by atoms with E-state index in [4.69, 9.17) is 25.8 Å². The average molecular weight is 351 g/mol. The zero-order valence-corrected chi connectivity index (χ0v) is 14.9. The van der Waals surface area contributed by atoms with Crippen molar-refractivity contribution in [3.8, 4) is 0 Å². The van der Waals surface area contributed by atoms with Crippen LogP contribution in [0.3, 0.4) is 0 Å². The van der Waals surface area contributed by atoms with E-state index in [1.165, 1.54) is 0 Å². The van der Waals surface area contributed by atoms with Crippen LogP contribution in [-0.4, -0.2) is 73.9 Å². The Hall–Kier alpha value is -1.05. The smallest absolute Gasteiger partial charge is 0.407 e. The molecule has 1 atom stereocenters. The number of carbonyl (C=O) groups excluding carboxylic acids is 2. The summed E-state index contributed by atoms with van der Waals surface area (Å²) < 4.78 is 15.8. The van der Waals surface area contributed by atoms with Crippen LogP contribution in [0.5, 0.6) is 0 Å². The first kappa shape index (κ1) is 20.0. The number of nitrogens with one attached hydrogen (secondary N) is 1. The summed E-state index contributed by atoms with van der Waals surface area (Å²) in [5, 5.41) is 2.52. The molecule has 1 heterocycles. The van der Waals surface area contributed by atoms with E-state index >= 15 is 0 Å². The standard InChI is InChI=1S/C15H27ClN2O5/c1-15(2,3)23-14(20)17-4-6-21-8-9-22-7-5-18-11-12(16)10-13(18)19/h12H,4-11H2,1-3H3,(H,17,20). The van der Waals surface area contributed by atoms with E-state index in [0.29, 0.717) is 52.5 Å². The summed E-state index contributed by atoms with van der Waals surface area (Å²) >= 11 is 5.91. The Morgan fingerprint density at radius 3 is 2.48 bits per heavy atom. The van der Waals surface area contributed by atoms with Crippen molar-refractivity contribution in [3.63, 3.8) is 0 Å². The number of nitrogens with zero attached hydrogens (tertiary/aromatic N) is 1. The molecule has 1 fully saturated rings. The summed E-state index contributed by atoms with van der Waals surface area (Å²) in [5.41, 5.74) is -0.501. The molecule has 0 radical (unpaired) electrons. The monoisotopic (exact) mass is 350 g/mol. The van der Waals surface area contributed by atoms with Crippen molar-refractivity contribution >= 4 is 23.6 Å². The predicted molar refractivity (Wildman–Crippen MR) is 86.7 cm³/mol. The SMILES string of the molecule is CC(C)(C)OC(=O)NCCOCCOCCN1CC(Cl)CC1=O. The molecular formula is C15H27ClN2O5. The topological polar surface area (TPSA) is 77.1 Å². The number of hydrogen-bond donors (Lipinski definition) is 1. The van der Waals surface area contributed by atoms with E-state index in [9.17, 15) is 9.59 Å². The quantitative estimate of drug-likeness (QED) is 0.502. The summed E-state index contributed by atoms with van der Waals surface area (Å²) in [6.07, 6.45) is -0.0415. The van der Waals surface area contributed by atoms with Crippen LogP contribution in [0.25, 0.3) is 0 Å². The molecule has 1 rings (SSSR count). The van der Waals surface area contributed by atoms with Crippen molar-refractivity contribution < 1.29 is 23.8 Å². The molecule has 8 heteroatoms. The largest absolute Gasteiger partial charge is 0.444 e. The van der Waals surface area contributed by atoms with E-state index in [0.717, 1.165) is 0 Å². The molecular weight excluding hydrogens is 324 g/mol. The maximum Gasteiger partial charge on any atom is 0.407 e. The lowest BCUT2D eigenvalue weighted by atomic mass is 10.2. The number of ether oxygens (including phenoxy) is 3. The van der Waals surface area contributed by atoms with Gasteiger partial charge < -0.3 is 24.4 Å². The van der Waals surface area contributed by atoms with Crippen LogP contribution in [0.1, 0.15) is 27.2 Å². The minimum atomic E-state index is -0.501. The molecule has 7 nitrogen and oxygen atoms in total. The van der Waals surface area contributed by atoms with Gasteiger partial charge in [-0.25, -0.2) is 4.79 Å². The van der Waals surface area contributed by atoms with E-state index in [-0.39, 0.29) is 11.3 Å². The highest BCUT2D eigenvalue weighted by atomic mass is 35.5. The summed E-state index contributed by atoms with van der Waals surface area (Å²) in [4.78, 5) is 24.5. The Kier molecular flexibility index (Phi) is 8.65. The third-order valence-corrected chi connectivity index (χ3v) is 3.25. The lowest BCUT2D eigenvalue weighted by Crippen LogP contribution is -2.34. The predicted octanol–water partition coefficient (Wildman–Crippen LogP) is 1.38. The second kappa shape index (κ2) is 9.95. The lowest BCUT2D eigenvalue weighted by molar-refractivity contribution is -0.128. The van der Waals surface area contributed by atoms with Gasteiger partial charge in [0.1, 0.15) is 5.60 Å². The molecule has 23 heavy (non-hydrogen) atoms. The van der Waals surface area contributed by atoms with Gasteiger partial charge in [0.25, 0.3) is 0 Å². The average Bonchev–Trinajstić information content (AvgIpc) is 2.73. The van der Waals surface area contributed by atoms with Gasteiger partial charge in [0, 0.05) is 26.1 Å². The lowest BCUT2D eigenvalue weighted by Gasteiger charge is -2.19. The first-order valence-electron chi connectivity index (χ1n) is 7.82. The van der Waals surface area contributed by atoms with Crippen LogP contribution in [0.2, 0.25) is 0 Å². The number of rotatable bonds is 9. The highest BCUT2D eigenvalue weighted by Crippen LogP contribution is 2.15. The summed E-state index contributed by atoms with van der Waals surface area (Å²) in [6, 6.07) is 0. The summed E-state index contributed by atoms with van der Waals surface area (Å²) in [6.45, 7) is 8.69. The molecule has 0 aliphatic carbocycles. The van der Waals surface area contributed by atoms with Crippen LogP contribution in [0.15, 0.2) is 0 Å². The summed E-state index contributed by atoms with van der Waals surface area (Å²) in [5.74, 6) is 0.0815. The Morgan fingerprint density at radius 1 is 1.26 bits per heavy atom. The second-order valence-electron chi connectivity index (χ2n) is 6.29. The van der Waals surface area contributed by atoms with Crippen molar-refractivity contribution in [1.82, 2.24) is 10.2 Å². The zero-order valence-electron chi connectivity index (χ0n) is 14.1. The summed E-state index contributed by atoms with van der Waals surface area (Å²) in [7, 11) is 0. The Bertz CT molecular complexity index is 387. The molecule has 1 saturated heterocycles. The van der Waals surface area contributed by atoms with E-state index in [1.807, 2.05) is 20.8 Å². The molecule has 2 amide bonds. The molecule has 134 valence electrons. The van der Waals surface area contributed by atoms with Crippen LogP contribution >= 0.6 is 11.6 Å². The molecule has 1 aliphatic heterocycles. The normalized spacial score (nSPS) is 18.3. The molecule has 1 aliphatic rings. The van der Waals surface area contributed by atoms with E-state index < -0.39 is 11.7 Å². The van der Waals surface area contributed by atoms with Crippen molar-refractivity contribution in [2.45, 2.75) is 38.2 Å². The fourth-order valence-corrected chi connectivity index (χ4v) is 2.27. The number of alkyl carbamates (subject to hydrolysis) is 1. The van der Waals surface area contributed by atoms with Gasteiger partial charge in [-0.1, -0.05) is 0 Å². The second-order valence-corrected chi connectivity index (χ2v) is 6.91. The molecule has 1 unspecified atom stereocenters. The van der Waals surface area contributed by atoms with E-state index in [2.05, 4.69) is 5.32 Å². The first-order valence-corrected chi connectivity index (χ1v) is 8.26. The van der Waals surface area contributed by atoms with Gasteiger partial charge in [0.2, 0.25) is 5.91 Å². The number of amides is 2. The van der Waals surface area contributed by atoms with Gasteiger partial charge in [0.15, 0.2) is 0 Å². The number of carbonyl (C=O) groups is 2. The number of halogens is 1. The van der Waals surface area contributed by atoms with Crippen molar-refractivity contribution in [3.05, 3.63) is 0 Å². The molecule has 0 aromatic rings. The number of likely N-dealkylation sites (tertiary alicyclic amines) is 1. The fraction of sp³-hybridized carbons (Fsp3) is 0.867.